The average Bonchev–Trinajstić information content (AvgIpc) is 3.14. The van der Waals surface area contributed by atoms with Crippen LogP contribution in [0.3, 0.4) is 0 Å². The molecule has 0 saturated carbocycles. The lowest BCUT2D eigenvalue weighted by Crippen LogP contribution is -2.03. The van der Waals surface area contributed by atoms with Gasteiger partial charge in [-0.2, -0.15) is 0 Å². The number of nitrogens with zero attached hydrogens (tertiary/aromatic N) is 4. The van der Waals surface area contributed by atoms with E-state index in [1.54, 1.807) is 60.7 Å². The van der Waals surface area contributed by atoms with Gasteiger partial charge in [0, 0.05) is 49.9 Å². The van der Waals surface area contributed by atoms with Gasteiger partial charge < -0.3 is 29.2 Å². The molecule has 0 aliphatic carbocycles. The van der Waals surface area contributed by atoms with E-state index in [4.69, 9.17) is 65.4 Å². The van der Waals surface area contributed by atoms with Gasteiger partial charge >= 0.3 is 0 Å². The highest BCUT2D eigenvalue weighted by atomic mass is 35.5. The molecular weight excluding hydrogens is 794 g/mol. The second kappa shape index (κ2) is 19.4. The molecule has 0 unspecified atom stereocenters. The largest absolute Gasteiger partial charge is 0.509 e. The van der Waals surface area contributed by atoms with Crippen LogP contribution in [0.4, 0.5) is 11.4 Å². The second-order valence-corrected chi connectivity index (χ2v) is 13.4. The number of aliphatic hydroxyl groups is 2. The van der Waals surface area contributed by atoms with Gasteiger partial charge in [-0.15, -0.1) is 20.5 Å². The number of Topliss-reactive ketones (excluding diaryl/α,β-unsaturated/α-hetero) is 2. The summed E-state index contributed by atoms with van der Waals surface area (Å²) in [7, 11) is 5.82. The Hall–Kier alpha value is -5.14. The normalized spacial score (nSPS) is 12.4. The molecule has 0 atom stereocenters. The Morgan fingerprint density at radius 1 is 0.545 bits per heavy atom. The minimum absolute atomic E-state index is 0.104. The van der Waals surface area contributed by atoms with Crippen molar-refractivity contribution in [1.82, 2.24) is 0 Å². The van der Waals surface area contributed by atoms with Crippen molar-refractivity contribution in [2.75, 3.05) is 28.4 Å². The topological polar surface area (TPSA) is 161 Å². The number of carbonyl (C=O) groups excluding carboxylic acids is 2. The second-order valence-electron chi connectivity index (χ2n) is 11.8. The molecule has 4 aromatic rings. The molecule has 0 saturated heterocycles. The van der Waals surface area contributed by atoms with Crippen molar-refractivity contribution in [1.29, 1.82) is 0 Å². The molecule has 16 heteroatoms. The molecule has 4 rings (SSSR count). The summed E-state index contributed by atoms with van der Waals surface area (Å²) in [6.07, 6.45) is 0.214. The van der Waals surface area contributed by atoms with Crippen molar-refractivity contribution < 1.29 is 38.7 Å². The molecule has 55 heavy (non-hydrogen) atoms. The van der Waals surface area contributed by atoms with E-state index >= 15 is 0 Å². The van der Waals surface area contributed by atoms with Gasteiger partial charge in [-0.1, -0.05) is 58.5 Å². The van der Waals surface area contributed by atoms with Crippen molar-refractivity contribution in [2.24, 2.45) is 20.5 Å². The van der Waals surface area contributed by atoms with E-state index in [9.17, 15) is 19.8 Å². The molecule has 0 spiro atoms. The van der Waals surface area contributed by atoms with Crippen LogP contribution in [0.2, 0.25) is 20.1 Å². The summed E-state index contributed by atoms with van der Waals surface area (Å²) in [5, 5.41) is 39.2. The summed E-state index contributed by atoms with van der Waals surface area (Å²) in [4.78, 5) is 24.9. The number of hydrogen-bond acceptors (Lipinski definition) is 12. The molecule has 12 nitrogen and oxygen atoms in total. The van der Waals surface area contributed by atoms with Crippen molar-refractivity contribution >= 4 is 69.3 Å². The van der Waals surface area contributed by atoms with Crippen molar-refractivity contribution in [3.63, 3.8) is 0 Å². The molecule has 0 bridgehead atoms. The van der Waals surface area contributed by atoms with Crippen molar-refractivity contribution in [3.05, 3.63) is 126 Å². The summed E-state index contributed by atoms with van der Waals surface area (Å²) in [5.74, 6) is -0.184. The summed E-state index contributed by atoms with van der Waals surface area (Å²) in [6, 6.07) is 16.5. The number of rotatable bonds is 16. The van der Waals surface area contributed by atoms with E-state index in [2.05, 4.69) is 20.5 Å². The third kappa shape index (κ3) is 11.0. The number of carbonyl (C=O) groups is 2. The van der Waals surface area contributed by atoms with Gasteiger partial charge in [-0.25, -0.2) is 0 Å². The van der Waals surface area contributed by atoms with Crippen LogP contribution in [-0.4, -0.2) is 50.2 Å². The first-order valence-electron chi connectivity index (χ1n) is 16.3. The molecule has 0 radical (unpaired) electrons. The number of benzene rings is 4. The fourth-order valence-electron chi connectivity index (χ4n) is 5.24. The lowest BCUT2D eigenvalue weighted by Gasteiger charge is -2.12. The molecule has 0 heterocycles. The zero-order valence-corrected chi connectivity index (χ0v) is 33.6. The summed E-state index contributed by atoms with van der Waals surface area (Å²) in [5.41, 5.74) is 2.66. The number of aliphatic hydroxyl groups excluding tert-OH is 2. The van der Waals surface area contributed by atoms with E-state index in [1.807, 2.05) is 0 Å². The van der Waals surface area contributed by atoms with Gasteiger partial charge in [0.2, 0.25) is 0 Å². The predicted molar refractivity (Wildman–Crippen MR) is 212 cm³/mol. The van der Waals surface area contributed by atoms with Crippen LogP contribution in [-0.2, 0) is 28.9 Å². The van der Waals surface area contributed by atoms with Gasteiger partial charge in [-0.3, -0.25) is 9.59 Å². The molecule has 0 aromatic heterocycles. The summed E-state index contributed by atoms with van der Waals surface area (Å²) >= 11 is 25.5. The lowest BCUT2D eigenvalue weighted by atomic mass is 10.0. The minimum atomic E-state index is -0.515. The van der Waals surface area contributed by atoms with E-state index < -0.39 is 11.6 Å². The Morgan fingerprint density at radius 3 is 1.22 bits per heavy atom. The maximum absolute atomic E-state index is 12.4. The van der Waals surface area contributed by atoms with Crippen LogP contribution >= 0.6 is 46.4 Å². The van der Waals surface area contributed by atoms with Gasteiger partial charge in [0.05, 0.1) is 48.5 Å². The molecule has 0 amide bonds. The number of ether oxygens (including phenoxy) is 4. The molecule has 0 aliphatic rings. The van der Waals surface area contributed by atoms with Crippen LogP contribution in [0, 0.1) is 0 Å². The molecule has 288 valence electrons. The Labute approximate surface area is 337 Å². The van der Waals surface area contributed by atoms with Gasteiger partial charge in [0.25, 0.3) is 0 Å². The maximum atomic E-state index is 12.4. The van der Waals surface area contributed by atoms with Crippen LogP contribution < -0.4 is 18.9 Å². The minimum Gasteiger partial charge on any atom is -0.509 e. The number of ketones is 2. The third-order valence-electron chi connectivity index (χ3n) is 7.99. The Bertz CT molecular complexity index is 2080. The quantitative estimate of drug-likeness (QED) is 0.0641. The number of allylic oxidation sites excluding steroid dienone is 4. The highest BCUT2D eigenvalue weighted by Gasteiger charge is 2.19. The van der Waals surface area contributed by atoms with Gasteiger partial charge in [0.1, 0.15) is 45.9 Å². The van der Waals surface area contributed by atoms with Crippen molar-refractivity contribution in [2.45, 2.75) is 33.1 Å². The summed E-state index contributed by atoms with van der Waals surface area (Å²) < 4.78 is 21.3. The number of hydrogen-bond donors (Lipinski definition) is 2. The van der Waals surface area contributed by atoms with E-state index in [-0.39, 0.29) is 57.2 Å². The predicted octanol–water partition coefficient (Wildman–Crippen LogP) is 11.3. The van der Waals surface area contributed by atoms with Crippen LogP contribution in [0.5, 0.6) is 23.0 Å². The zero-order valence-electron chi connectivity index (χ0n) is 30.5. The summed E-state index contributed by atoms with van der Waals surface area (Å²) in [6.45, 7) is 2.52. The fourth-order valence-corrected chi connectivity index (χ4v) is 6.18. The van der Waals surface area contributed by atoms with Gasteiger partial charge in [0.15, 0.2) is 23.0 Å². The highest BCUT2D eigenvalue weighted by Crippen LogP contribution is 2.36. The first-order chi connectivity index (χ1) is 26.2. The SMILES string of the molecule is COc1cc(C/C(O)=C(/N=Nc2ccc(Cc3ccc(N=N/C(C(C)=O)=C(\O)Cc4cc(OC)c(Cl)cc4OC)c(Cl)c3)cc2Cl)C(C)=O)c(OC)cc1Cl. The van der Waals surface area contributed by atoms with E-state index in [1.165, 1.54) is 42.3 Å². The monoisotopic (exact) mass is 828 g/mol. The molecule has 0 fully saturated rings. The molecule has 2 N–H and O–H groups in total. The number of methoxy groups -OCH3 is 4. The Kier molecular flexibility index (Phi) is 15.1. The van der Waals surface area contributed by atoms with Crippen LogP contribution in [0.15, 0.2) is 104 Å². The first-order valence-corrected chi connectivity index (χ1v) is 17.8. The first kappa shape index (κ1) is 42.6. The van der Waals surface area contributed by atoms with E-state index in [0.717, 1.165) is 11.1 Å². The van der Waals surface area contributed by atoms with E-state index in [0.29, 0.717) is 50.6 Å². The van der Waals surface area contributed by atoms with Crippen LogP contribution in [0.1, 0.15) is 36.1 Å². The van der Waals surface area contributed by atoms with Crippen LogP contribution in [0.25, 0.3) is 0 Å². The molecule has 4 aromatic carbocycles. The molecule has 0 aliphatic heterocycles. The average molecular weight is 831 g/mol. The zero-order chi connectivity index (χ0) is 40.4. The van der Waals surface area contributed by atoms with Crippen molar-refractivity contribution in [3.8, 4) is 23.0 Å². The highest BCUT2D eigenvalue weighted by molar-refractivity contribution is 6.33. The molecular formula is C39H36Cl4N4O8. The Balaban J connectivity index is 1.50. The fraction of sp³-hybridized carbons (Fsp3) is 0.231. The van der Waals surface area contributed by atoms with Gasteiger partial charge in [-0.05, 0) is 53.9 Å². The standard InChI is InChI=1S/C39H36Cl4N4O8/c1-20(48)38(32(50)14-24-16-36(54-5)28(42)18-34(24)52-3)46-44-30-9-7-22(12-26(30)40)11-23-8-10-31(27(41)13-23)45-47-39(21(2)49)33(51)15-25-17-37(55-6)29(43)19-35(25)53-4/h7-10,12-13,16-19,50-51H,11,14-15H2,1-6H3/b38-32-,39-33-,46-44?,47-45?. The Morgan fingerprint density at radius 2 is 0.909 bits per heavy atom. The smallest absolute Gasteiger partial charge is 0.183 e. The number of halogens is 4. The number of azo groups is 2. The lowest BCUT2D eigenvalue weighted by molar-refractivity contribution is -0.114. The maximum Gasteiger partial charge on any atom is 0.183 e. The third-order valence-corrected chi connectivity index (χ3v) is 9.18.